The third-order valence-corrected chi connectivity index (χ3v) is 2.72. The Morgan fingerprint density at radius 2 is 1.90 bits per heavy atom. The largest absolute Gasteiger partial charge is 0.416 e. The van der Waals surface area contributed by atoms with Crippen LogP contribution in [0.3, 0.4) is 0 Å². The van der Waals surface area contributed by atoms with E-state index >= 15 is 0 Å². The van der Waals surface area contributed by atoms with E-state index in [1.54, 1.807) is 22.9 Å². The summed E-state index contributed by atoms with van der Waals surface area (Å²) in [5.74, 6) is 0. The molecule has 0 unspecified atom stereocenters. The highest BCUT2D eigenvalue weighted by Gasteiger charge is 2.29. The first-order chi connectivity index (χ1) is 9.88. The summed E-state index contributed by atoms with van der Waals surface area (Å²) < 4.78 is 39.3. The Labute approximate surface area is 124 Å². The molecule has 0 bridgehead atoms. The average Bonchev–Trinajstić information content (AvgIpc) is 2.86. The average molecular weight is 312 g/mol. The first kappa shape index (κ1) is 15.0. The van der Waals surface area contributed by atoms with Gasteiger partial charge in [0.05, 0.1) is 17.5 Å². The molecule has 2 rings (SSSR count). The van der Waals surface area contributed by atoms with E-state index in [1.165, 1.54) is 18.3 Å². The van der Waals surface area contributed by atoms with Crippen LogP contribution in [-0.4, -0.2) is 15.9 Å². The number of hydrazone groups is 1. The number of nitrogens with zero attached hydrogens (tertiary/aromatic N) is 2. The maximum atomic E-state index is 12.5. The quantitative estimate of drug-likeness (QED) is 0.520. The van der Waals surface area contributed by atoms with Crippen LogP contribution in [0, 0.1) is 0 Å². The molecule has 21 heavy (non-hydrogen) atoms. The van der Waals surface area contributed by atoms with E-state index in [0.717, 1.165) is 12.1 Å². The zero-order valence-corrected chi connectivity index (χ0v) is 11.4. The Hall–Kier alpha value is -2.35. The maximum Gasteiger partial charge on any atom is 0.416 e. The summed E-state index contributed by atoms with van der Waals surface area (Å²) in [4.78, 5) is 0. The van der Waals surface area contributed by atoms with Gasteiger partial charge in [-0.2, -0.15) is 18.3 Å². The minimum Gasteiger partial charge on any atom is -0.375 e. The van der Waals surface area contributed by atoms with E-state index in [2.05, 4.69) is 22.7 Å². The van der Waals surface area contributed by atoms with Crippen molar-refractivity contribution in [3.63, 3.8) is 0 Å². The normalized spacial score (nSPS) is 11.8. The Balaban J connectivity index is 2.25. The van der Waals surface area contributed by atoms with Gasteiger partial charge in [0.25, 0.3) is 0 Å². The van der Waals surface area contributed by atoms with Gasteiger partial charge in [-0.25, -0.2) is 0 Å². The van der Waals surface area contributed by atoms with Crippen LogP contribution < -0.4 is 11.2 Å². The number of rotatable bonds is 3. The molecule has 2 aromatic rings. The fraction of sp³-hybridized carbons (Fsp3) is 0.0769. The van der Waals surface area contributed by atoms with Gasteiger partial charge < -0.3 is 10.3 Å². The maximum absolute atomic E-state index is 12.5. The van der Waals surface area contributed by atoms with Crippen molar-refractivity contribution in [3.05, 3.63) is 53.9 Å². The van der Waals surface area contributed by atoms with Gasteiger partial charge in [-0.15, -0.1) is 0 Å². The zero-order chi connectivity index (χ0) is 15.5. The van der Waals surface area contributed by atoms with E-state index in [9.17, 15) is 13.2 Å². The number of nitrogens with two attached hydrogens (primary N) is 1. The predicted molar refractivity (Wildman–Crippen MR) is 78.3 cm³/mol. The molecule has 0 aliphatic heterocycles. The molecule has 0 saturated carbocycles. The van der Waals surface area contributed by atoms with Gasteiger partial charge in [-0.1, -0.05) is 0 Å². The van der Waals surface area contributed by atoms with Crippen LogP contribution in [0.2, 0.25) is 0 Å². The summed E-state index contributed by atoms with van der Waals surface area (Å²) in [6.07, 6.45) is -1.16. The number of hydrogen-bond donors (Lipinski definition) is 2. The third-order valence-electron chi connectivity index (χ3n) is 2.62. The second-order valence-corrected chi connectivity index (χ2v) is 4.52. The molecule has 0 aliphatic carbocycles. The number of alkyl halides is 3. The van der Waals surface area contributed by atoms with Crippen LogP contribution in [0.25, 0.3) is 5.69 Å². The van der Waals surface area contributed by atoms with E-state index in [-0.39, 0.29) is 5.11 Å². The third kappa shape index (κ3) is 3.82. The van der Waals surface area contributed by atoms with Gasteiger partial charge in [0.2, 0.25) is 0 Å². The summed E-state index contributed by atoms with van der Waals surface area (Å²) in [5, 5.41) is 3.84. The minimum atomic E-state index is -4.35. The molecule has 0 aliphatic rings. The topological polar surface area (TPSA) is 55.3 Å². The Bertz CT molecular complexity index is 659. The number of benzene rings is 1. The van der Waals surface area contributed by atoms with Crippen LogP contribution in [-0.2, 0) is 6.18 Å². The smallest absolute Gasteiger partial charge is 0.375 e. The van der Waals surface area contributed by atoms with E-state index < -0.39 is 11.7 Å². The van der Waals surface area contributed by atoms with E-state index in [4.69, 9.17) is 5.73 Å². The van der Waals surface area contributed by atoms with Gasteiger partial charge in [-0.3, -0.25) is 5.43 Å². The van der Waals surface area contributed by atoms with Crippen molar-refractivity contribution in [2.24, 2.45) is 10.8 Å². The number of nitrogens with one attached hydrogen (secondary N) is 1. The molecule has 0 radical (unpaired) electrons. The fourth-order valence-electron chi connectivity index (χ4n) is 1.71. The highest BCUT2D eigenvalue weighted by atomic mass is 32.1. The lowest BCUT2D eigenvalue weighted by molar-refractivity contribution is -0.137. The first-order valence-electron chi connectivity index (χ1n) is 5.81. The number of aromatic nitrogens is 1. The number of halogens is 3. The van der Waals surface area contributed by atoms with Gasteiger partial charge in [0.1, 0.15) is 0 Å². The molecule has 1 aromatic heterocycles. The predicted octanol–water partition coefficient (Wildman–Crippen LogP) is 2.66. The van der Waals surface area contributed by atoms with Crippen molar-refractivity contribution < 1.29 is 13.2 Å². The van der Waals surface area contributed by atoms with E-state index in [0.29, 0.717) is 11.4 Å². The molecule has 1 heterocycles. The molecule has 0 spiro atoms. The lowest BCUT2D eigenvalue weighted by Gasteiger charge is -2.09. The Morgan fingerprint density at radius 3 is 2.48 bits per heavy atom. The van der Waals surface area contributed by atoms with Gasteiger partial charge in [-0.05, 0) is 48.6 Å². The fourth-order valence-corrected chi connectivity index (χ4v) is 1.76. The SMILES string of the molecule is NC(=S)N/N=C/c1cccn1-c1ccc(C(F)(F)F)cc1. The van der Waals surface area contributed by atoms with Crippen molar-refractivity contribution in [3.8, 4) is 5.69 Å². The molecule has 4 nitrogen and oxygen atoms in total. The molecular formula is C13H11F3N4S. The Morgan fingerprint density at radius 1 is 1.24 bits per heavy atom. The molecule has 0 fully saturated rings. The highest BCUT2D eigenvalue weighted by Crippen LogP contribution is 2.29. The summed E-state index contributed by atoms with van der Waals surface area (Å²) in [6, 6.07) is 8.34. The molecule has 0 amide bonds. The zero-order valence-electron chi connectivity index (χ0n) is 10.6. The van der Waals surface area contributed by atoms with Crippen LogP contribution in [0.15, 0.2) is 47.7 Å². The minimum absolute atomic E-state index is 0.0267. The lowest BCUT2D eigenvalue weighted by Crippen LogP contribution is -2.24. The standard InChI is InChI=1S/C13H11F3N4S/c14-13(15,16)9-3-5-10(6-4-9)20-7-1-2-11(20)8-18-19-12(17)21/h1-8H,(H3,17,19,21)/b18-8+. The van der Waals surface area contributed by atoms with Gasteiger partial charge in [0, 0.05) is 11.9 Å². The molecule has 1 aromatic carbocycles. The van der Waals surface area contributed by atoms with Crippen LogP contribution in [0.1, 0.15) is 11.3 Å². The summed E-state index contributed by atoms with van der Waals surface area (Å²) in [5.41, 5.74) is 8.20. The highest BCUT2D eigenvalue weighted by molar-refractivity contribution is 7.80. The molecular weight excluding hydrogens is 301 g/mol. The second-order valence-electron chi connectivity index (χ2n) is 4.08. The van der Waals surface area contributed by atoms with Crippen LogP contribution >= 0.6 is 12.2 Å². The first-order valence-corrected chi connectivity index (χ1v) is 6.22. The molecule has 0 saturated heterocycles. The molecule has 3 N–H and O–H groups in total. The molecule has 8 heteroatoms. The van der Waals surface area contributed by atoms with Crippen molar-refractivity contribution in [2.75, 3.05) is 0 Å². The second kappa shape index (κ2) is 5.96. The lowest BCUT2D eigenvalue weighted by atomic mass is 10.2. The van der Waals surface area contributed by atoms with Crippen molar-refractivity contribution in [2.45, 2.75) is 6.18 Å². The number of hydrogen-bond acceptors (Lipinski definition) is 2. The summed E-state index contributed by atoms with van der Waals surface area (Å²) in [7, 11) is 0. The van der Waals surface area contributed by atoms with Gasteiger partial charge in [0.15, 0.2) is 5.11 Å². The summed E-state index contributed by atoms with van der Waals surface area (Å²) in [6.45, 7) is 0. The van der Waals surface area contributed by atoms with Crippen LogP contribution in [0.5, 0.6) is 0 Å². The molecule has 110 valence electrons. The van der Waals surface area contributed by atoms with E-state index in [1.807, 2.05) is 0 Å². The summed E-state index contributed by atoms with van der Waals surface area (Å²) >= 11 is 4.61. The number of thiocarbonyl (C=S) groups is 1. The van der Waals surface area contributed by atoms with Crippen molar-refractivity contribution in [1.29, 1.82) is 0 Å². The van der Waals surface area contributed by atoms with Crippen molar-refractivity contribution in [1.82, 2.24) is 9.99 Å². The molecule has 0 atom stereocenters. The van der Waals surface area contributed by atoms with Gasteiger partial charge >= 0.3 is 6.18 Å². The van der Waals surface area contributed by atoms with Crippen molar-refractivity contribution >= 4 is 23.5 Å². The Kier molecular flexibility index (Phi) is 4.27. The monoisotopic (exact) mass is 312 g/mol. The van der Waals surface area contributed by atoms with Crippen LogP contribution in [0.4, 0.5) is 13.2 Å².